The number of hydrogen-bond donors (Lipinski definition) is 2. The average molecular weight is 241 g/mol. The molecule has 0 saturated heterocycles. The van der Waals surface area contributed by atoms with E-state index in [2.05, 4.69) is 5.32 Å². The topological polar surface area (TPSA) is 58.6 Å². The van der Waals surface area contributed by atoms with E-state index in [0.717, 1.165) is 5.56 Å². The minimum Gasteiger partial charge on any atom is -0.478 e. The van der Waals surface area contributed by atoms with E-state index >= 15 is 0 Å². The minimum atomic E-state index is -0.993. The van der Waals surface area contributed by atoms with Crippen molar-refractivity contribution in [3.8, 4) is 11.5 Å². The summed E-state index contributed by atoms with van der Waals surface area (Å²) in [5.41, 5.74) is 1.87. The molecule has 0 atom stereocenters. The highest BCUT2D eigenvalue weighted by Crippen LogP contribution is 2.37. The molecule has 1 heterocycles. The number of benzene rings is 2. The van der Waals surface area contributed by atoms with Crippen molar-refractivity contribution in [3.05, 3.63) is 53.6 Å². The fraction of sp³-hybridized carbons (Fsp3) is 0.0714. The van der Waals surface area contributed by atoms with Gasteiger partial charge >= 0.3 is 5.97 Å². The van der Waals surface area contributed by atoms with Crippen molar-refractivity contribution in [2.45, 2.75) is 6.54 Å². The Morgan fingerprint density at radius 2 is 2.00 bits per heavy atom. The smallest absolute Gasteiger partial charge is 0.339 e. The molecule has 2 aromatic carbocycles. The van der Waals surface area contributed by atoms with Crippen LogP contribution >= 0.6 is 0 Å². The van der Waals surface area contributed by atoms with Crippen molar-refractivity contribution in [2.75, 3.05) is 5.32 Å². The molecular formula is C14H11NO3. The summed E-state index contributed by atoms with van der Waals surface area (Å²) in [5, 5.41) is 12.4. The lowest BCUT2D eigenvalue weighted by molar-refractivity contribution is 0.0694. The van der Waals surface area contributed by atoms with Crippen molar-refractivity contribution in [2.24, 2.45) is 0 Å². The van der Waals surface area contributed by atoms with Gasteiger partial charge in [0.05, 0.1) is 5.69 Å². The first-order valence-corrected chi connectivity index (χ1v) is 5.61. The summed E-state index contributed by atoms with van der Waals surface area (Å²) in [6, 6.07) is 12.6. The second-order valence-electron chi connectivity index (χ2n) is 4.05. The third kappa shape index (κ3) is 1.68. The number of para-hydroxylation sites is 2. The van der Waals surface area contributed by atoms with Gasteiger partial charge in [0.2, 0.25) is 0 Å². The maximum absolute atomic E-state index is 11.2. The SMILES string of the molecule is O=C(O)c1cccc2c1Oc1ccccc1CN2. The lowest BCUT2D eigenvalue weighted by Crippen LogP contribution is -2.02. The summed E-state index contributed by atoms with van der Waals surface area (Å²) < 4.78 is 5.75. The van der Waals surface area contributed by atoms with E-state index < -0.39 is 5.97 Å². The van der Waals surface area contributed by atoms with Crippen LogP contribution in [-0.2, 0) is 6.54 Å². The lowest BCUT2D eigenvalue weighted by atomic mass is 10.1. The van der Waals surface area contributed by atoms with Crippen molar-refractivity contribution in [1.29, 1.82) is 0 Å². The summed E-state index contributed by atoms with van der Waals surface area (Å²) in [6.07, 6.45) is 0. The number of ether oxygens (including phenoxy) is 1. The molecule has 1 aliphatic heterocycles. The highest BCUT2D eigenvalue weighted by Gasteiger charge is 2.20. The molecule has 1 aliphatic rings. The van der Waals surface area contributed by atoms with Gasteiger partial charge in [0, 0.05) is 12.1 Å². The van der Waals surface area contributed by atoms with Gasteiger partial charge in [-0.3, -0.25) is 0 Å². The molecule has 90 valence electrons. The van der Waals surface area contributed by atoms with Crippen LogP contribution in [0.25, 0.3) is 0 Å². The van der Waals surface area contributed by atoms with Gasteiger partial charge in [0.1, 0.15) is 11.3 Å². The van der Waals surface area contributed by atoms with E-state index in [1.165, 1.54) is 6.07 Å². The van der Waals surface area contributed by atoms with Gasteiger partial charge in [0.25, 0.3) is 0 Å². The van der Waals surface area contributed by atoms with Crippen LogP contribution in [0.5, 0.6) is 11.5 Å². The van der Waals surface area contributed by atoms with Gasteiger partial charge in [-0.15, -0.1) is 0 Å². The van der Waals surface area contributed by atoms with Gasteiger partial charge in [-0.2, -0.15) is 0 Å². The van der Waals surface area contributed by atoms with E-state index in [-0.39, 0.29) is 5.56 Å². The van der Waals surface area contributed by atoms with Crippen molar-refractivity contribution in [3.63, 3.8) is 0 Å². The van der Waals surface area contributed by atoms with E-state index in [0.29, 0.717) is 23.7 Å². The molecule has 2 N–H and O–H groups in total. The van der Waals surface area contributed by atoms with Crippen LogP contribution < -0.4 is 10.1 Å². The molecule has 4 nitrogen and oxygen atoms in total. The molecule has 0 amide bonds. The van der Waals surface area contributed by atoms with E-state index in [1.54, 1.807) is 6.07 Å². The molecule has 0 aromatic heterocycles. The Kier molecular flexibility index (Phi) is 2.41. The Labute approximate surface area is 104 Å². The summed E-state index contributed by atoms with van der Waals surface area (Å²) in [6.45, 7) is 0.617. The predicted octanol–water partition coefficient (Wildman–Crippen LogP) is 3.10. The lowest BCUT2D eigenvalue weighted by Gasteiger charge is -2.10. The Morgan fingerprint density at radius 3 is 2.83 bits per heavy atom. The van der Waals surface area contributed by atoms with Crippen molar-refractivity contribution >= 4 is 11.7 Å². The van der Waals surface area contributed by atoms with E-state index in [9.17, 15) is 9.90 Å². The highest BCUT2D eigenvalue weighted by atomic mass is 16.5. The molecule has 0 saturated carbocycles. The molecular weight excluding hydrogens is 230 g/mol. The number of fused-ring (bicyclic) bond motifs is 2. The van der Waals surface area contributed by atoms with Gasteiger partial charge in [0.15, 0.2) is 5.75 Å². The van der Waals surface area contributed by atoms with Crippen molar-refractivity contribution in [1.82, 2.24) is 0 Å². The molecule has 0 aliphatic carbocycles. The maximum atomic E-state index is 11.2. The van der Waals surface area contributed by atoms with Crippen LogP contribution in [0.1, 0.15) is 15.9 Å². The van der Waals surface area contributed by atoms with Crippen LogP contribution in [0, 0.1) is 0 Å². The summed E-state index contributed by atoms with van der Waals surface area (Å²) >= 11 is 0. The zero-order chi connectivity index (χ0) is 12.5. The van der Waals surface area contributed by atoms with Crippen LogP contribution in [0.4, 0.5) is 5.69 Å². The fourth-order valence-electron chi connectivity index (χ4n) is 2.00. The molecule has 3 rings (SSSR count). The predicted molar refractivity (Wildman–Crippen MR) is 67.2 cm³/mol. The highest BCUT2D eigenvalue weighted by molar-refractivity contribution is 5.93. The molecule has 0 fully saturated rings. The first-order chi connectivity index (χ1) is 8.75. The zero-order valence-corrected chi connectivity index (χ0v) is 9.51. The van der Waals surface area contributed by atoms with Crippen molar-refractivity contribution < 1.29 is 14.6 Å². The number of carbonyl (C=O) groups is 1. The second kappa shape index (κ2) is 4.07. The fourth-order valence-corrected chi connectivity index (χ4v) is 2.00. The zero-order valence-electron chi connectivity index (χ0n) is 9.51. The van der Waals surface area contributed by atoms with Crippen LogP contribution in [0.15, 0.2) is 42.5 Å². The van der Waals surface area contributed by atoms with Gasteiger partial charge in [-0.25, -0.2) is 4.79 Å². The molecule has 0 unspecified atom stereocenters. The number of carboxylic acids is 1. The standard InChI is InChI=1S/C14H11NO3/c16-14(17)10-5-3-6-11-13(10)18-12-7-2-1-4-9(12)8-15-11/h1-7,15H,8H2,(H,16,17). The Hall–Kier alpha value is -2.49. The summed E-state index contributed by atoms with van der Waals surface area (Å²) in [5.74, 6) is 0.0698. The Bertz CT molecular complexity index is 622. The molecule has 2 aromatic rings. The Balaban J connectivity index is 2.15. The number of anilines is 1. The number of rotatable bonds is 1. The summed E-state index contributed by atoms with van der Waals surface area (Å²) in [4.78, 5) is 11.2. The maximum Gasteiger partial charge on any atom is 0.339 e. The number of aromatic carboxylic acids is 1. The first-order valence-electron chi connectivity index (χ1n) is 5.61. The second-order valence-corrected chi connectivity index (χ2v) is 4.05. The first kappa shape index (κ1) is 10.7. The third-order valence-electron chi connectivity index (χ3n) is 2.90. The normalized spacial score (nSPS) is 12.4. The van der Waals surface area contributed by atoms with Gasteiger partial charge < -0.3 is 15.2 Å². The van der Waals surface area contributed by atoms with E-state index in [1.807, 2.05) is 30.3 Å². The average Bonchev–Trinajstić information content (AvgIpc) is 2.57. The van der Waals surface area contributed by atoms with Gasteiger partial charge in [-0.05, 0) is 18.2 Å². The molecule has 0 bridgehead atoms. The van der Waals surface area contributed by atoms with E-state index in [4.69, 9.17) is 4.74 Å². The number of hydrogen-bond acceptors (Lipinski definition) is 3. The number of carboxylic acid groups (broad SMARTS) is 1. The molecule has 0 spiro atoms. The monoisotopic (exact) mass is 241 g/mol. The van der Waals surface area contributed by atoms with Gasteiger partial charge in [-0.1, -0.05) is 24.3 Å². The molecule has 0 radical (unpaired) electrons. The summed E-state index contributed by atoms with van der Waals surface area (Å²) in [7, 11) is 0. The largest absolute Gasteiger partial charge is 0.478 e. The molecule has 18 heavy (non-hydrogen) atoms. The quantitative estimate of drug-likeness (QED) is 0.805. The minimum absolute atomic E-state index is 0.164. The van der Waals surface area contributed by atoms with Crippen LogP contribution in [0.3, 0.4) is 0 Å². The molecule has 4 heteroatoms. The third-order valence-corrected chi connectivity index (χ3v) is 2.90. The Morgan fingerprint density at radius 1 is 1.17 bits per heavy atom. The van der Waals surface area contributed by atoms with Crippen LogP contribution in [-0.4, -0.2) is 11.1 Å². The number of nitrogens with one attached hydrogen (secondary N) is 1. The van der Waals surface area contributed by atoms with Crippen LogP contribution in [0.2, 0.25) is 0 Å².